The third-order valence-electron chi connectivity index (χ3n) is 2.82. The van der Waals surface area contributed by atoms with Crippen molar-refractivity contribution >= 4 is 12.2 Å². The van der Waals surface area contributed by atoms with Crippen molar-refractivity contribution in [3.8, 4) is 11.5 Å². The molecule has 1 aromatic heterocycles. The first kappa shape index (κ1) is 14.9. The summed E-state index contributed by atoms with van der Waals surface area (Å²) in [6.07, 6.45) is 4.41. The van der Waals surface area contributed by atoms with Crippen molar-refractivity contribution in [2.75, 3.05) is 19.5 Å². The van der Waals surface area contributed by atoms with Crippen molar-refractivity contribution in [3.63, 3.8) is 0 Å². The number of hydrogen-bond donors (Lipinski definition) is 1. The van der Waals surface area contributed by atoms with Crippen LogP contribution in [0, 0.1) is 6.92 Å². The SMILES string of the molecule is CCCOc1cc(C=Nn2cc(C)nc2N)ccc1OC. The van der Waals surface area contributed by atoms with Crippen LogP contribution in [0.4, 0.5) is 5.95 Å². The zero-order chi connectivity index (χ0) is 15.2. The Morgan fingerprint density at radius 1 is 1.38 bits per heavy atom. The van der Waals surface area contributed by atoms with Gasteiger partial charge in [0.2, 0.25) is 5.95 Å². The molecule has 0 aliphatic heterocycles. The summed E-state index contributed by atoms with van der Waals surface area (Å²) in [5.41, 5.74) is 7.46. The van der Waals surface area contributed by atoms with Crippen LogP contribution >= 0.6 is 0 Å². The zero-order valence-corrected chi connectivity index (χ0v) is 12.5. The minimum atomic E-state index is 0.361. The summed E-state index contributed by atoms with van der Waals surface area (Å²) in [6, 6.07) is 5.65. The second-order valence-electron chi connectivity index (χ2n) is 4.59. The van der Waals surface area contributed by atoms with E-state index in [2.05, 4.69) is 17.0 Å². The third kappa shape index (κ3) is 3.75. The minimum absolute atomic E-state index is 0.361. The van der Waals surface area contributed by atoms with Crippen molar-refractivity contribution in [3.05, 3.63) is 35.7 Å². The maximum Gasteiger partial charge on any atom is 0.221 e. The van der Waals surface area contributed by atoms with Crippen LogP contribution in [0.5, 0.6) is 11.5 Å². The summed E-state index contributed by atoms with van der Waals surface area (Å²) >= 11 is 0. The molecule has 6 nitrogen and oxygen atoms in total. The lowest BCUT2D eigenvalue weighted by molar-refractivity contribution is 0.294. The molecule has 1 heterocycles. The second kappa shape index (κ2) is 6.78. The topological polar surface area (TPSA) is 74.7 Å². The quantitative estimate of drug-likeness (QED) is 0.828. The van der Waals surface area contributed by atoms with E-state index in [4.69, 9.17) is 15.2 Å². The van der Waals surface area contributed by atoms with Gasteiger partial charge in [-0.1, -0.05) is 6.92 Å². The fourth-order valence-electron chi connectivity index (χ4n) is 1.82. The van der Waals surface area contributed by atoms with E-state index < -0.39 is 0 Å². The normalized spacial score (nSPS) is 11.0. The predicted molar refractivity (Wildman–Crippen MR) is 83.1 cm³/mol. The average molecular weight is 288 g/mol. The molecule has 2 rings (SSSR count). The Morgan fingerprint density at radius 2 is 2.19 bits per heavy atom. The Balaban J connectivity index is 2.21. The molecule has 1 aromatic carbocycles. The van der Waals surface area contributed by atoms with Gasteiger partial charge in [0, 0.05) is 0 Å². The second-order valence-corrected chi connectivity index (χ2v) is 4.59. The van der Waals surface area contributed by atoms with E-state index in [9.17, 15) is 0 Å². The molecule has 21 heavy (non-hydrogen) atoms. The Morgan fingerprint density at radius 3 is 2.81 bits per heavy atom. The first-order valence-electron chi connectivity index (χ1n) is 6.80. The zero-order valence-electron chi connectivity index (χ0n) is 12.5. The lowest BCUT2D eigenvalue weighted by Gasteiger charge is -2.10. The van der Waals surface area contributed by atoms with Crippen LogP contribution in [0.15, 0.2) is 29.5 Å². The highest BCUT2D eigenvalue weighted by Crippen LogP contribution is 2.27. The van der Waals surface area contributed by atoms with Crippen molar-refractivity contribution in [2.24, 2.45) is 5.10 Å². The van der Waals surface area contributed by atoms with Crippen LogP contribution < -0.4 is 15.2 Å². The molecule has 6 heteroatoms. The van der Waals surface area contributed by atoms with Crippen LogP contribution in [0.25, 0.3) is 0 Å². The van der Waals surface area contributed by atoms with Gasteiger partial charge in [0.25, 0.3) is 0 Å². The highest BCUT2D eigenvalue weighted by Gasteiger charge is 2.05. The summed E-state index contributed by atoms with van der Waals surface area (Å²) in [5.74, 6) is 1.77. The lowest BCUT2D eigenvalue weighted by atomic mass is 10.2. The largest absolute Gasteiger partial charge is 0.493 e. The van der Waals surface area contributed by atoms with Crippen LogP contribution in [-0.4, -0.2) is 29.6 Å². The van der Waals surface area contributed by atoms with E-state index in [0.717, 1.165) is 17.7 Å². The van der Waals surface area contributed by atoms with Gasteiger partial charge in [0.15, 0.2) is 11.5 Å². The van der Waals surface area contributed by atoms with E-state index >= 15 is 0 Å². The van der Waals surface area contributed by atoms with Crippen LogP contribution in [0.1, 0.15) is 24.6 Å². The first-order chi connectivity index (χ1) is 10.1. The number of imidazole rings is 1. The van der Waals surface area contributed by atoms with Crippen molar-refractivity contribution in [1.29, 1.82) is 0 Å². The summed E-state index contributed by atoms with van der Waals surface area (Å²) in [6.45, 7) is 4.57. The lowest BCUT2D eigenvalue weighted by Crippen LogP contribution is -1.99. The number of hydrogen-bond acceptors (Lipinski definition) is 5. The molecular formula is C15H20N4O2. The Labute approximate surface area is 124 Å². The third-order valence-corrected chi connectivity index (χ3v) is 2.82. The molecule has 0 aliphatic carbocycles. The number of ether oxygens (including phenoxy) is 2. The van der Waals surface area contributed by atoms with Crippen LogP contribution in [0.2, 0.25) is 0 Å². The van der Waals surface area contributed by atoms with Gasteiger partial charge in [-0.3, -0.25) is 0 Å². The molecule has 0 bridgehead atoms. The van der Waals surface area contributed by atoms with Gasteiger partial charge in [-0.25, -0.2) is 9.66 Å². The van der Waals surface area contributed by atoms with E-state index in [-0.39, 0.29) is 0 Å². The highest BCUT2D eigenvalue weighted by atomic mass is 16.5. The van der Waals surface area contributed by atoms with Gasteiger partial charge in [-0.05, 0) is 37.1 Å². The first-order valence-corrected chi connectivity index (χ1v) is 6.80. The number of rotatable bonds is 6. The Kier molecular flexibility index (Phi) is 4.81. The summed E-state index contributed by atoms with van der Waals surface area (Å²) < 4.78 is 12.5. The van der Waals surface area contributed by atoms with Gasteiger partial charge < -0.3 is 15.2 Å². The standard InChI is InChI=1S/C15H20N4O2/c1-4-7-21-14-8-12(5-6-13(14)20-3)9-17-19-10-11(2)18-15(19)16/h5-6,8-10H,4,7H2,1-3H3,(H2,16,18). The fourth-order valence-corrected chi connectivity index (χ4v) is 1.82. The number of benzene rings is 1. The van der Waals surface area contributed by atoms with E-state index in [0.29, 0.717) is 24.1 Å². The van der Waals surface area contributed by atoms with Gasteiger partial charge in [-0.15, -0.1) is 0 Å². The fraction of sp³-hybridized carbons (Fsp3) is 0.333. The number of aryl methyl sites for hydroxylation is 1. The van der Waals surface area contributed by atoms with E-state index in [1.54, 1.807) is 19.5 Å². The number of nitrogens with two attached hydrogens (primary N) is 1. The molecule has 2 aromatic rings. The molecule has 0 saturated heterocycles. The molecule has 0 unspecified atom stereocenters. The monoisotopic (exact) mass is 288 g/mol. The van der Waals surface area contributed by atoms with E-state index in [1.165, 1.54) is 4.68 Å². The number of methoxy groups -OCH3 is 1. The minimum Gasteiger partial charge on any atom is -0.493 e. The number of nitrogens with zero attached hydrogens (tertiary/aromatic N) is 3. The van der Waals surface area contributed by atoms with Gasteiger partial charge in [-0.2, -0.15) is 5.10 Å². The van der Waals surface area contributed by atoms with Gasteiger partial charge >= 0.3 is 0 Å². The highest BCUT2D eigenvalue weighted by molar-refractivity contribution is 5.81. The number of aromatic nitrogens is 2. The summed E-state index contributed by atoms with van der Waals surface area (Å²) in [4.78, 5) is 4.09. The molecule has 2 N–H and O–H groups in total. The smallest absolute Gasteiger partial charge is 0.221 e. The summed E-state index contributed by atoms with van der Waals surface area (Å²) in [5, 5.41) is 4.28. The Bertz CT molecular complexity index is 635. The predicted octanol–water partition coefficient (Wildman–Crippen LogP) is 2.45. The molecule has 0 radical (unpaired) electrons. The van der Waals surface area contributed by atoms with Gasteiger partial charge in [0.05, 0.1) is 31.8 Å². The number of nitrogen functional groups attached to an aromatic ring is 1. The van der Waals surface area contributed by atoms with E-state index in [1.807, 2.05) is 25.1 Å². The molecule has 0 atom stereocenters. The molecule has 112 valence electrons. The van der Waals surface area contributed by atoms with Crippen molar-refractivity contribution in [1.82, 2.24) is 9.66 Å². The molecular weight excluding hydrogens is 268 g/mol. The Hall–Kier alpha value is -2.50. The van der Waals surface area contributed by atoms with Crippen LogP contribution in [0.3, 0.4) is 0 Å². The molecule has 0 spiro atoms. The molecule has 0 saturated carbocycles. The summed E-state index contributed by atoms with van der Waals surface area (Å²) in [7, 11) is 1.62. The maximum absolute atomic E-state index is 5.74. The molecule has 0 amide bonds. The van der Waals surface area contributed by atoms with Crippen LogP contribution in [-0.2, 0) is 0 Å². The molecule has 0 fully saturated rings. The maximum atomic E-state index is 5.74. The molecule has 0 aliphatic rings. The van der Waals surface area contributed by atoms with Crippen molar-refractivity contribution < 1.29 is 9.47 Å². The number of anilines is 1. The van der Waals surface area contributed by atoms with Crippen molar-refractivity contribution in [2.45, 2.75) is 20.3 Å². The van der Waals surface area contributed by atoms with Gasteiger partial charge in [0.1, 0.15) is 0 Å². The average Bonchev–Trinajstić information content (AvgIpc) is 2.81.